The van der Waals surface area contributed by atoms with Crippen LogP contribution in [0.5, 0.6) is 0 Å². The number of anilines is 1. The van der Waals surface area contributed by atoms with Crippen molar-refractivity contribution < 1.29 is 18.3 Å². The number of nitrogens with zero attached hydrogens (tertiary/aromatic N) is 1. The minimum absolute atomic E-state index is 0.435. The third-order valence-electron chi connectivity index (χ3n) is 2.15. The molecule has 0 aromatic heterocycles. The van der Waals surface area contributed by atoms with Gasteiger partial charge in [0.1, 0.15) is 6.54 Å². The number of aliphatic carboxylic acids is 1. The fraction of sp³-hybridized carbons (Fsp3) is 0.300. The van der Waals surface area contributed by atoms with Crippen molar-refractivity contribution in [3.63, 3.8) is 0 Å². The second kappa shape index (κ2) is 5.15. The molecule has 2 N–H and O–H groups in total. The van der Waals surface area contributed by atoms with E-state index in [4.69, 9.17) is 5.11 Å². The predicted molar refractivity (Wildman–Crippen MR) is 64.0 cm³/mol. The molecular formula is C10H14N2O4S. The van der Waals surface area contributed by atoms with Gasteiger partial charge in [-0.05, 0) is 18.6 Å². The van der Waals surface area contributed by atoms with Crippen molar-refractivity contribution in [3.8, 4) is 0 Å². The van der Waals surface area contributed by atoms with Gasteiger partial charge in [-0.2, -0.15) is 12.7 Å². The van der Waals surface area contributed by atoms with Gasteiger partial charge in [0, 0.05) is 7.05 Å². The lowest BCUT2D eigenvalue weighted by molar-refractivity contribution is -0.137. The minimum Gasteiger partial charge on any atom is -0.480 e. The monoisotopic (exact) mass is 258 g/mol. The van der Waals surface area contributed by atoms with Gasteiger partial charge in [-0.15, -0.1) is 0 Å². The highest BCUT2D eigenvalue weighted by atomic mass is 32.2. The molecule has 1 rings (SSSR count). The molecule has 94 valence electrons. The molecule has 7 heteroatoms. The van der Waals surface area contributed by atoms with E-state index < -0.39 is 22.7 Å². The number of nitrogens with one attached hydrogen (secondary N) is 1. The number of hydrogen-bond donors (Lipinski definition) is 2. The molecule has 0 fully saturated rings. The Hall–Kier alpha value is -1.60. The highest BCUT2D eigenvalue weighted by molar-refractivity contribution is 7.90. The smallest absolute Gasteiger partial charge is 0.318 e. The Morgan fingerprint density at radius 1 is 1.41 bits per heavy atom. The first-order valence-corrected chi connectivity index (χ1v) is 6.28. The summed E-state index contributed by atoms with van der Waals surface area (Å²) in [4.78, 5) is 10.4. The van der Waals surface area contributed by atoms with Crippen LogP contribution < -0.4 is 4.72 Å². The van der Waals surface area contributed by atoms with Gasteiger partial charge in [0.05, 0.1) is 5.69 Å². The first kappa shape index (κ1) is 13.5. The number of carboxylic acid groups (broad SMARTS) is 1. The normalized spacial score (nSPS) is 11.5. The molecule has 6 nitrogen and oxygen atoms in total. The highest BCUT2D eigenvalue weighted by Crippen LogP contribution is 2.15. The van der Waals surface area contributed by atoms with Crippen molar-refractivity contribution in [2.75, 3.05) is 18.3 Å². The second-order valence-corrected chi connectivity index (χ2v) is 5.35. The second-order valence-electron chi connectivity index (χ2n) is 3.57. The lowest BCUT2D eigenvalue weighted by Crippen LogP contribution is -2.36. The molecule has 0 unspecified atom stereocenters. The summed E-state index contributed by atoms with van der Waals surface area (Å²) < 4.78 is 26.5. The molecular weight excluding hydrogens is 244 g/mol. The minimum atomic E-state index is -3.83. The molecule has 0 bridgehead atoms. The van der Waals surface area contributed by atoms with Crippen molar-refractivity contribution in [2.45, 2.75) is 6.92 Å². The molecule has 0 heterocycles. The third-order valence-corrected chi connectivity index (χ3v) is 3.58. The Labute approximate surface area is 100 Å². The number of carboxylic acids is 1. The highest BCUT2D eigenvalue weighted by Gasteiger charge is 2.20. The van der Waals surface area contributed by atoms with Crippen LogP contribution in [-0.2, 0) is 15.0 Å². The standard InChI is InChI=1S/C10H14N2O4S/c1-8-5-3-4-6-9(8)11-17(15,16)12(2)7-10(13)14/h3-6,11H,7H2,1-2H3,(H,13,14). The van der Waals surface area contributed by atoms with Gasteiger partial charge in [0.25, 0.3) is 0 Å². The lowest BCUT2D eigenvalue weighted by atomic mass is 10.2. The maximum Gasteiger partial charge on any atom is 0.318 e. The van der Waals surface area contributed by atoms with Crippen LogP contribution in [0.2, 0.25) is 0 Å². The SMILES string of the molecule is Cc1ccccc1NS(=O)(=O)N(C)CC(=O)O. The molecule has 0 atom stereocenters. The van der Waals surface area contributed by atoms with Gasteiger partial charge < -0.3 is 5.11 Å². The number of likely N-dealkylation sites (N-methyl/N-ethyl adjacent to an activating group) is 1. The Morgan fingerprint density at radius 3 is 2.53 bits per heavy atom. The predicted octanol–water partition coefficient (Wildman–Crippen LogP) is 0.668. The van der Waals surface area contributed by atoms with E-state index in [9.17, 15) is 13.2 Å². The van der Waals surface area contributed by atoms with Gasteiger partial charge in [-0.3, -0.25) is 9.52 Å². The molecule has 17 heavy (non-hydrogen) atoms. The van der Waals surface area contributed by atoms with Crippen LogP contribution in [-0.4, -0.2) is 37.4 Å². The fourth-order valence-corrected chi connectivity index (χ4v) is 2.12. The van der Waals surface area contributed by atoms with E-state index in [-0.39, 0.29) is 0 Å². The summed E-state index contributed by atoms with van der Waals surface area (Å²) >= 11 is 0. The topological polar surface area (TPSA) is 86.7 Å². The van der Waals surface area contributed by atoms with E-state index in [1.807, 2.05) is 0 Å². The Kier molecular flexibility index (Phi) is 4.08. The molecule has 1 aromatic carbocycles. The molecule has 0 aliphatic carbocycles. The van der Waals surface area contributed by atoms with Crippen molar-refractivity contribution in [1.82, 2.24) is 4.31 Å². The van der Waals surface area contributed by atoms with Crippen LogP contribution >= 0.6 is 0 Å². The average molecular weight is 258 g/mol. The van der Waals surface area contributed by atoms with E-state index in [2.05, 4.69) is 4.72 Å². The summed E-state index contributed by atoms with van der Waals surface area (Å²) in [6, 6.07) is 6.85. The molecule has 1 aromatic rings. The zero-order valence-electron chi connectivity index (χ0n) is 9.54. The van der Waals surface area contributed by atoms with Gasteiger partial charge in [-0.25, -0.2) is 0 Å². The maximum atomic E-state index is 11.7. The quantitative estimate of drug-likeness (QED) is 0.812. The molecule has 0 aliphatic rings. The zero-order valence-corrected chi connectivity index (χ0v) is 10.4. The number of carbonyl (C=O) groups is 1. The summed E-state index contributed by atoms with van der Waals surface area (Å²) in [5.74, 6) is -1.21. The van der Waals surface area contributed by atoms with Crippen LogP contribution in [0.25, 0.3) is 0 Å². The van der Waals surface area contributed by atoms with E-state index in [0.29, 0.717) is 5.69 Å². The summed E-state index contributed by atoms with van der Waals surface area (Å²) in [6.45, 7) is 1.18. The number of aryl methyl sites for hydroxylation is 1. The van der Waals surface area contributed by atoms with Crippen LogP contribution in [0.3, 0.4) is 0 Å². The first-order valence-electron chi connectivity index (χ1n) is 4.84. The van der Waals surface area contributed by atoms with Gasteiger partial charge in [-0.1, -0.05) is 18.2 Å². The van der Waals surface area contributed by atoms with Crippen molar-refractivity contribution in [1.29, 1.82) is 0 Å². The Balaban J connectivity index is 2.87. The van der Waals surface area contributed by atoms with Crippen LogP contribution in [0.1, 0.15) is 5.56 Å². The van der Waals surface area contributed by atoms with Crippen LogP contribution in [0, 0.1) is 6.92 Å². The van der Waals surface area contributed by atoms with Gasteiger partial charge in [0.2, 0.25) is 0 Å². The third kappa shape index (κ3) is 3.72. The van der Waals surface area contributed by atoms with E-state index >= 15 is 0 Å². The molecule has 0 aliphatic heterocycles. The largest absolute Gasteiger partial charge is 0.480 e. The Morgan fingerprint density at radius 2 is 2.00 bits per heavy atom. The number of benzene rings is 1. The molecule has 0 saturated heterocycles. The van der Waals surface area contributed by atoms with E-state index in [0.717, 1.165) is 9.87 Å². The van der Waals surface area contributed by atoms with Crippen molar-refractivity contribution in [2.24, 2.45) is 0 Å². The zero-order chi connectivity index (χ0) is 13.1. The number of rotatable bonds is 5. The summed E-state index contributed by atoms with van der Waals surface area (Å²) in [5.41, 5.74) is 1.20. The van der Waals surface area contributed by atoms with Gasteiger partial charge in [0.15, 0.2) is 0 Å². The van der Waals surface area contributed by atoms with E-state index in [1.54, 1.807) is 31.2 Å². The molecule has 0 saturated carbocycles. The van der Waals surface area contributed by atoms with Crippen molar-refractivity contribution in [3.05, 3.63) is 29.8 Å². The molecule has 0 radical (unpaired) electrons. The van der Waals surface area contributed by atoms with E-state index in [1.165, 1.54) is 7.05 Å². The number of hydrogen-bond acceptors (Lipinski definition) is 3. The molecule has 0 spiro atoms. The summed E-state index contributed by atoms with van der Waals surface area (Å²) in [6.07, 6.45) is 0. The number of para-hydroxylation sites is 1. The first-order chi connectivity index (χ1) is 7.83. The van der Waals surface area contributed by atoms with Crippen molar-refractivity contribution >= 4 is 21.9 Å². The fourth-order valence-electron chi connectivity index (χ4n) is 1.18. The maximum absolute atomic E-state index is 11.7. The average Bonchev–Trinajstić information content (AvgIpc) is 2.20. The summed E-state index contributed by atoms with van der Waals surface area (Å²) in [7, 11) is -2.63. The van der Waals surface area contributed by atoms with Crippen LogP contribution in [0.4, 0.5) is 5.69 Å². The van der Waals surface area contributed by atoms with Gasteiger partial charge >= 0.3 is 16.2 Å². The summed E-state index contributed by atoms with van der Waals surface area (Å²) in [5, 5.41) is 8.53. The van der Waals surface area contributed by atoms with Crippen LogP contribution in [0.15, 0.2) is 24.3 Å². The Bertz CT molecular complexity index is 513. The lowest BCUT2D eigenvalue weighted by Gasteiger charge is -2.17. The molecule has 0 amide bonds.